The molecule has 112 valence electrons. The number of esters is 1. The topological polar surface area (TPSA) is 86.5 Å². The Morgan fingerprint density at radius 1 is 1.14 bits per heavy atom. The number of hydrogen-bond acceptors (Lipinski definition) is 5. The Morgan fingerprint density at radius 2 is 1.86 bits per heavy atom. The highest BCUT2D eigenvalue weighted by Crippen LogP contribution is 2.17. The van der Waals surface area contributed by atoms with Gasteiger partial charge < -0.3 is 4.74 Å². The number of ether oxygens (including phenoxy) is 1. The van der Waals surface area contributed by atoms with Crippen LogP contribution in [0, 0.1) is 10.1 Å². The zero-order chi connectivity index (χ0) is 16.1. The van der Waals surface area contributed by atoms with Gasteiger partial charge in [-0.05, 0) is 12.1 Å². The summed E-state index contributed by atoms with van der Waals surface area (Å²) in [5.41, 5.74) is 0.0421. The lowest BCUT2D eigenvalue weighted by molar-refractivity contribution is -0.384. The first kappa shape index (κ1) is 15.7. The van der Waals surface area contributed by atoms with Crippen LogP contribution in [0.25, 0.3) is 0 Å². The van der Waals surface area contributed by atoms with Gasteiger partial charge in [-0.2, -0.15) is 0 Å². The van der Waals surface area contributed by atoms with Gasteiger partial charge in [0.1, 0.15) is 0 Å². The van der Waals surface area contributed by atoms with Gasteiger partial charge >= 0.3 is 5.97 Å². The fourth-order valence-corrected chi connectivity index (χ4v) is 1.92. The number of rotatable bonds is 5. The number of benzene rings is 2. The monoisotopic (exact) mass is 319 g/mol. The molecule has 0 saturated carbocycles. The highest BCUT2D eigenvalue weighted by atomic mass is 35.5. The van der Waals surface area contributed by atoms with Crippen LogP contribution in [0.3, 0.4) is 0 Å². The first-order valence-electron chi connectivity index (χ1n) is 6.18. The first-order chi connectivity index (χ1) is 10.5. The van der Waals surface area contributed by atoms with Crippen molar-refractivity contribution in [2.75, 3.05) is 6.61 Å². The Morgan fingerprint density at radius 3 is 2.55 bits per heavy atom. The summed E-state index contributed by atoms with van der Waals surface area (Å²) >= 11 is 5.85. The molecular weight excluding hydrogens is 310 g/mol. The van der Waals surface area contributed by atoms with E-state index in [1.54, 1.807) is 12.1 Å². The van der Waals surface area contributed by atoms with Crippen LogP contribution < -0.4 is 0 Å². The first-order valence-corrected chi connectivity index (χ1v) is 6.56. The predicted molar refractivity (Wildman–Crippen MR) is 79.2 cm³/mol. The molecule has 0 aliphatic heterocycles. The molecule has 0 spiro atoms. The number of non-ortho nitro benzene ring substituents is 1. The molecule has 0 bridgehead atoms. The van der Waals surface area contributed by atoms with E-state index in [4.69, 9.17) is 16.3 Å². The second-order valence-electron chi connectivity index (χ2n) is 4.29. The average molecular weight is 320 g/mol. The van der Waals surface area contributed by atoms with E-state index in [1.807, 2.05) is 0 Å². The van der Waals surface area contributed by atoms with Crippen molar-refractivity contribution in [1.29, 1.82) is 0 Å². The number of nitro benzene ring substituents is 1. The Labute approximate surface area is 130 Å². The molecule has 0 fully saturated rings. The van der Waals surface area contributed by atoms with Gasteiger partial charge in [-0.3, -0.25) is 14.9 Å². The van der Waals surface area contributed by atoms with E-state index in [0.717, 1.165) is 6.07 Å². The molecule has 0 atom stereocenters. The molecular formula is C15H10ClNO5. The van der Waals surface area contributed by atoms with Gasteiger partial charge in [-0.1, -0.05) is 35.9 Å². The van der Waals surface area contributed by atoms with Crippen molar-refractivity contribution in [1.82, 2.24) is 0 Å². The molecule has 2 rings (SSSR count). The van der Waals surface area contributed by atoms with Gasteiger partial charge in [-0.15, -0.1) is 0 Å². The summed E-state index contributed by atoms with van der Waals surface area (Å²) < 4.78 is 4.88. The number of nitro groups is 1. The van der Waals surface area contributed by atoms with Gasteiger partial charge in [0, 0.05) is 17.7 Å². The van der Waals surface area contributed by atoms with Crippen LogP contribution in [0.4, 0.5) is 5.69 Å². The maximum absolute atomic E-state index is 11.9. The van der Waals surface area contributed by atoms with Gasteiger partial charge in [0.2, 0.25) is 5.78 Å². The second-order valence-corrected chi connectivity index (χ2v) is 4.69. The second kappa shape index (κ2) is 6.82. The molecule has 0 aliphatic carbocycles. The maximum Gasteiger partial charge on any atom is 0.340 e. The molecule has 0 amide bonds. The quantitative estimate of drug-likeness (QED) is 0.365. The Kier molecular flexibility index (Phi) is 4.85. The number of carbonyl (C=O) groups excluding carboxylic acids is 2. The van der Waals surface area contributed by atoms with Crippen molar-refractivity contribution in [3.8, 4) is 0 Å². The van der Waals surface area contributed by atoms with Crippen molar-refractivity contribution in [3.63, 3.8) is 0 Å². The van der Waals surface area contributed by atoms with Crippen LogP contribution in [0.2, 0.25) is 5.02 Å². The van der Waals surface area contributed by atoms with E-state index < -0.39 is 23.3 Å². The van der Waals surface area contributed by atoms with Gasteiger partial charge in [0.15, 0.2) is 6.61 Å². The molecule has 0 heterocycles. The third-order valence-corrected chi connectivity index (χ3v) is 3.14. The molecule has 0 unspecified atom stereocenters. The van der Waals surface area contributed by atoms with Gasteiger partial charge in [-0.25, -0.2) is 4.79 Å². The lowest BCUT2D eigenvalue weighted by Gasteiger charge is -2.05. The molecule has 0 N–H and O–H groups in total. The molecule has 0 radical (unpaired) electrons. The average Bonchev–Trinajstić information content (AvgIpc) is 2.52. The molecule has 0 aromatic heterocycles. The number of nitrogens with zero attached hydrogens (tertiary/aromatic N) is 1. The van der Waals surface area contributed by atoms with Crippen molar-refractivity contribution in [2.45, 2.75) is 0 Å². The summed E-state index contributed by atoms with van der Waals surface area (Å²) in [6.07, 6.45) is 0. The number of carbonyl (C=O) groups is 2. The molecule has 22 heavy (non-hydrogen) atoms. The van der Waals surface area contributed by atoms with Crippen molar-refractivity contribution < 1.29 is 19.2 Å². The zero-order valence-electron chi connectivity index (χ0n) is 11.2. The molecule has 0 aliphatic rings. The van der Waals surface area contributed by atoms with Crippen LogP contribution in [0.1, 0.15) is 20.7 Å². The summed E-state index contributed by atoms with van der Waals surface area (Å²) in [5.74, 6) is -1.27. The minimum atomic E-state index is -0.732. The fourth-order valence-electron chi connectivity index (χ4n) is 1.71. The van der Waals surface area contributed by atoms with Crippen molar-refractivity contribution in [3.05, 3.63) is 74.8 Å². The highest BCUT2D eigenvalue weighted by molar-refractivity contribution is 6.33. The van der Waals surface area contributed by atoms with Crippen molar-refractivity contribution in [2.24, 2.45) is 0 Å². The number of ketones is 1. The normalized spacial score (nSPS) is 10.0. The van der Waals surface area contributed by atoms with E-state index in [0.29, 0.717) is 0 Å². The number of halogens is 1. The maximum atomic E-state index is 11.9. The summed E-state index contributed by atoms with van der Waals surface area (Å²) in [7, 11) is 0. The van der Waals surface area contributed by atoms with E-state index in [1.165, 1.54) is 30.3 Å². The van der Waals surface area contributed by atoms with E-state index in [-0.39, 0.29) is 21.8 Å². The minimum absolute atomic E-state index is 0.0983. The van der Waals surface area contributed by atoms with Gasteiger partial charge in [0.25, 0.3) is 5.69 Å². The van der Waals surface area contributed by atoms with Crippen molar-refractivity contribution >= 4 is 29.0 Å². The summed E-state index contributed by atoms with van der Waals surface area (Å²) in [6.45, 7) is -0.523. The Hall–Kier alpha value is -2.73. The molecule has 6 nitrogen and oxygen atoms in total. The van der Waals surface area contributed by atoms with E-state index >= 15 is 0 Å². The number of Topliss-reactive ketones (excluding diaryl/α,β-unsaturated/α-hetero) is 1. The third-order valence-electron chi connectivity index (χ3n) is 2.81. The van der Waals surface area contributed by atoms with E-state index in [9.17, 15) is 19.7 Å². The lowest BCUT2D eigenvalue weighted by atomic mass is 10.1. The lowest BCUT2D eigenvalue weighted by Crippen LogP contribution is -2.14. The molecule has 2 aromatic rings. The Bertz CT molecular complexity index is 744. The van der Waals surface area contributed by atoms with Crippen LogP contribution in [0.5, 0.6) is 0 Å². The van der Waals surface area contributed by atoms with Crippen LogP contribution in [-0.4, -0.2) is 23.3 Å². The number of hydrogen-bond donors (Lipinski definition) is 0. The molecule has 7 heteroatoms. The van der Waals surface area contributed by atoms with Crippen LogP contribution in [0.15, 0.2) is 48.5 Å². The summed E-state index contributed by atoms with van der Waals surface area (Å²) in [6, 6.07) is 11.5. The summed E-state index contributed by atoms with van der Waals surface area (Å²) in [4.78, 5) is 33.8. The molecule has 0 saturated heterocycles. The zero-order valence-corrected chi connectivity index (χ0v) is 11.9. The minimum Gasteiger partial charge on any atom is -0.454 e. The fraction of sp³-hybridized carbons (Fsp3) is 0.0667. The van der Waals surface area contributed by atoms with Crippen LogP contribution in [-0.2, 0) is 4.74 Å². The molecule has 2 aromatic carbocycles. The Balaban J connectivity index is 2.04. The summed E-state index contributed by atoms with van der Waals surface area (Å²) in [5, 5.41) is 10.9. The van der Waals surface area contributed by atoms with Gasteiger partial charge in [0.05, 0.1) is 15.5 Å². The SMILES string of the molecule is O=C(COC(=O)c1ccccc1Cl)c1cccc([N+](=O)[O-])c1. The third kappa shape index (κ3) is 3.67. The largest absolute Gasteiger partial charge is 0.454 e. The van der Waals surface area contributed by atoms with Crippen LogP contribution >= 0.6 is 11.6 Å². The smallest absolute Gasteiger partial charge is 0.340 e. The predicted octanol–water partition coefficient (Wildman–Crippen LogP) is 3.29. The standard InChI is InChI=1S/C15H10ClNO5/c16-13-7-2-1-6-12(13)15(19)22-9-14(18)10-4-3-5-11(8-10)17(20)21/h1-8H,9H2. The van der Waals surface area contributed by atoms with E-state index in [2.05, 4.69) is 0 Å². The highest BCUT2D eigenvalue weighted by Gasteiger charge is 2.16.